The van der Waals surface area contributed by atoms with E-state index in [9.17, 15) is 4.79 Å². The van der Waals surface area contributed by atoms with Crippen LogP contribution in [0.1, 0.15) is 29.6 Å². The molecule has 0 unspecified atom stereocenters. The standard InChI is InChI=1S/C17H20BrNO/c1-19(13-6-2-5-12-18)17(20)16-11-7-9-14-8-3-4-10-15(14)16/h3-4,7-11H,2,5-6,12-13H2,1H3. The molecule has 0 saturated carbocycles. The van der Waals surface area contributed by atoms with Crippen molar-refractivity contribution in [3.63, 3.8) is 0 Å². The Morgan fingerprint density at radius 1 is 1.05 bits per heavy atom. The zero-order valence-electron chi connectivity index (χ0n) is 11.8. The van der Waals surface area contributed by atoms with Gasteiger partial charge in [0, 0.05) is 24.5 Å². The van der Waals surface area contributed by atoms with Gasteiger partial charge in [0.2, 0.25) is 0 Å². The van der Waals surface area contributed by atoms with Gasteiger partial charge in [0.15, 0.2) is 0 Å². The van der Waals surface area contributed by atoms with Crippen LogP contribution in [0.2, 0.25) is 0 Å². The van der Waals surface area contributed by atoms with Crippen LogP contribution in [0.25, 0.3) is 10.8 Å². The number of carbonyl (C=O) groups is 1. The van der Waals surface area contributed by atoms with E-state index in [-0.39, 0.29) is 5.91 Å². The molecule has 0 aromatic heterocycles. The van der Waals surface area contributed by atoms with Crippen LogP contribution in [0, 0.1) is 0 Å². The van der Waals surface area contributed by atoms with Crippen LogP contribution >= 0.6 is 15.9 Å². The lowest BCUT2D eigenvalue weighted by atomic mass is 10.0. The molecule has 2 aromatic carbocycles. The van der Waals surface area contributed by atoms with Crippen LogP contribution < -0.4 is 0 Å². The highest BCUT2D eigenvalue weighted by atomic mass is 79.9. The molecule has 3 heteroatoms. The van der Waals surface area contributed by atoms with Gasteiger partial charge in [0.1, 0.15) is 0 Å². The van der Waals surface area contributed by atoms with Crippen molar-refractivity contribution < 1.29 is 4.79 Å². The third-order valence-electron chi connectivity index (χ3n) is 3.49. The monoisotopic (exact) mass is 333 g/mol. The van der Waals surface area contributed by atoms with Crippen LogP contribution in [-0.4, -0.2) is 29.7 Å². The Hall–Kier alpha value is -1.35. The normalized spacial score (nSPS) is 10.7. The number of unbranched alkanes of at least 4 members (excludes halogenated alkanes) is 2. The number of alkyl halides is 1. The highest BCUT2D eigenvalue weighted by Gasteiger charge is 2.13. The molecule has 2 nitrogen and oxygen atoms in total. The van der Waals surface area contributed by atoms with E-state index >= 15 is 0 Å². The highest BCUT2D eigenvalue weighted by Crippen LogP contribution is 2.19. The molecule has 20 heavy (non-hydrogen) atoms. The summed E-state index contributed by atoms with van der Waals surface area (Å²) in [7, 11) is 1.89. The number of amides is 1. The fourth-order valence-corrected chi connectivity index (χ4v) is 2.74. The van der Waals surface area contributed by atoms with E-state index in [2.05, 4.69) is 15.9 Å². The van der Waals surface area contributed by atoms with Gasteiger partial charge in [-0.2, -0.15) is 0 Å². The molecule has 0 aliphatic rings. The van der Waals surface area contributed by atoms with E-state index in [1.54, 1.807) is 0 Å². The summed E-state index contributed by atoms with van der Waals surface area (Å²) in [4.78, 5) is 14.4. The van der Waals surface area contributed by atoms with Crippen molar-refractivity contribution in [3.8, 4) is 0 Å². The Balaban J connectivity index is 2.10. The minimum Gasteiger partial charge on any atom is -0.342 e. The number of fused-ring (bicyclic) bond motifs is 1. The predicted molar refractivity (Wildman–Crippen MR) is 88.6 cm³/mol. The van der Waals surface area contributed by atoms with Crippen LogP contribution in [0.4, 0.5) is 0 Å². The number of hydrogen-bond donors (Lipinski definition) is 0. The number of rotatable bonds is 6. The molecule has 0 heterocycles. The Morgan fingerprint density at radius 2 is 1.80 bits per heavy atom. The molecule has 2 rings (SSSR count). The second-order valence-electron chi connectivity index (χ2n) is 5.00. The van der Waals surface area contributed by atoms with Gasteiger partial charge in [0.05, 0.1) is 0 Å². The summed E-state index contributed by atoms with van der Waals surface area (Å²) in [5.41, 5.74) is 0.797. The lowest BCUT2D eigenvalue weighted by Crippen LogP contribution is -2.27. The summed E-state index contributed by atoms with van der Waals surface area (Å²) < 4.78 is 0. The maximum atomic E-state index is 12.5. The quantitative estimate of drug-likeness (QED) is 0.563. The second-order valence-corrected chi connectivity index (χ2v) is 5.80. The first-order valence-corrected chi connectivity index (χ1v) is 8.15. The van der Waals surface area contributed by atoms with Gasteiger partial charge in [-0.25, -0.2) is 0 Å². The molecule has 106 valence electrons. The average Bonchev–Trinajstić information content (AvgIpc) is 2.50. The third kappa shape index (κ3) is 3.60. The molecule has 0 bridgehead atoms. The molecule has 0 radical (unpaired) electrons. The topological polar surface area (TPSA) is 20.3 Å². The van der Waals surface area contributed by atoms with Crippen LogP contribution in [0.3, 0.4) is 0 Å². The number of hydrogen-bond acceptors (Lipinski definition) is 1. The van der Waals surface area contributed by atoms with E-state index < -0.39 is 0 Å². The molecule has 0 spiro atoms. The molecule has 0 fully saturated rings. The van der Waals surface area contributed by atoms with Crippen LogP contribution in [0.5, 0.6) is 0 Å². The summed E-state index contributed by atoms with van der Waals surface area (Å²) >= 11 is 3.43. The van der Waals surface area contributed by atoms with Crippen LogP contribution in [0.15, 0.2) is 42.5 Å². The Labute approximate surface area is 128 Å². The molecule has 1 amide bonds. The van der Waals surface area contributed by atoms with Crippen molar-refractivity contribution in [1.29, 1.82) is 0 Å². The smallest absolute Gasteiger partial charge is 0.254 e. The Kier molecular flexibility index (Phi) is 5.60. The third-order valence-corrected chi connectivity index (χ3v) is 4.05. The summed E-state index contributed by atoms with van der Waals surface area (Å²) in [5, 5.41) is 3.19. The van der Waals surface area contributed by atoms with Crippen molar-refractivity contribution in [2.24, 2.45) is 0 Å². The molecular formula is C17H20BrNO. The molecule has 2 aromatic rings. The average molecular weight is 334 g/mol. The molecule has 0 N–H and O–H groups in total. The molecular weight excluding hydrogens is 314 g/mol. The van der Waals surface area contributed by atoms with Crippen molar-refractivity contribution in [3.05, 3.63) is 48.0 Å². The first-order valence-electron chi connectivity index (χ1n) is 7.03. The first-order chi connectivity index (χ1) is 9.74. The van der Waals surface area contributed by atoms with E-state index in [1.165, 1.54) is 0 Å². The zero-order valence-corrected chi connectivity index (χ0v) is 13.4. The molecule has 0 aliphatic heterocycles. The largest absolute Gasteiger partial charge is 0.342 e. The van der Waals surface area contributed by atoms with Crippen molar-refractivity contribution in [2.75, 3.05) is 18.9 Å². The van der Waals surface area contributed by atoms with E-state index in [4.69, 9.17) is 0 Å². The highest BCUT2D eigenvalue weighted by molar-refractivity contribution is 9.09. The van der Waals surface area contributed by atoms with Gasteiger partial charge in [-0.3, -0.25) is 4.79 Å². The fraction of sp³-hybridized carbons (Fsp3) is 0.353. The minimum atomic E-state index is 0.112. The zero-order chi connectivity index (χ0) is 14.4. The maximum Gasteiger partial charge on any atom is 0.254 e. The minimum absolute atomic E-state index is 0.112. The van der Waals surface area contributed by atoms with E-state index in [1.807, 2.05) is 54.4 Å². The second kappa shape index (κ2) is 7.44. The van der Waals surface area contributed by atoms with Crippen molar-refractivity contribution in [1.82, 2.24) is 4.90 Å². The summed E-state index contributed by atoms with van der Waals surface area (Å²) in [6.07, 6.45) is 3.37. The molecule has 0 aliphatic carbocycles. The summed E-state index contributed by atoms with van der Waals surface area (Å²) in [6.45, 7) is 0.815. The number of benzene rings is 2. The van der Waals surface area contributed by atoms with Gasteiger partial charge in [-0.1, -0.05) is 58.7 Å². The lowest BCUT2D eigenvalue weighted by molar-refractivity contribution is 0.0794. The molecule has 0 saturated heterocycles. The SMILES string of the molecule is CN(CCCCCBr)C(=O)c1cccc2ccccc12. The first kappa shape index (κ1) is 15.0. The maximum absolute atomic E-state index is 12.5. The van der Waals surface area contributed by atoms with Gasteiger partial charge in [-0.05, 0) is 29.7 Å². The lowest BCUT2D eigenvalue weighted by Gasteiger charge is -2.18. The number of carbonyl (C=O) groups excluding carboxylic acids is 1. The predicted octanol–water partition coefficient (Wildman–Crippen LogP) is 4.48. The summed E-state index contributed by atoms with van der Waals surface area (Å²) in [5.74, 6) is 0.112. The Bertz CT molecular complexity index is 577. The van der Waals surface area contributed by atoms with Crippen molar-refractivity contribution in [2.45, 2.75) is 19.3 Å². The Morgan fingerprint density at radius 3 is 2.60 bits per heavy atom. The molecule has 0 atom stereocenters. The van der Waals surface area contributed by atoms with E-state index in [0.717, 1.165) is 47.5 Å². The summed E-state index contributed by atoms with van der Waals surface area (Å²) in [6, 6.07) is 14.0. The van der Waals surface area contributed by atoms with Gasteiger partial charge < -0.3 is 4.90 Å². The number of nitrogens with zero attached hydrogens (tertiary/aromatic N) is 1. The van der Waals surface area contributed by atoms with Gasteiger partial charge >= 0.3 is 0 Å². The van der Waals surface area contributed by atoms with Gasteiger partial charge in [0.25, 0.3) is 5.91 Å². The van der Waals surface area contributed by atoms with Crippen LogP contribution in [-0.2, 0) is 0 Å². The number of halogens is 1. The fourth-order valence-electron chi connectivity index (χ4n) is 2.34. The van der Waals surface area contributed by atoms with Gasteiger partial charge in [-0.15, -0.1) is 0 Å². The van der Waals surface area contributed by atoms with Crippen molar-refractivity contribution >= 4 is 32.6 Å². The van der Waals surface area contributed by atoms with E-state index in [0.29, 0.717) is 0 Å².